The first-order valence-corrected chi connectivity index (χ1v) is 8.92. The average Bonchev–Trinajstić information content (AvgIpc) is 3.19. The lowest BCUT2D eigenvalue weighted by Gasteiger charge is -2.18. The topological polar surface area (TPSA) is 117 Å². The minimum atomic E-state index is -0.564. The average molecular weight is 380 g/mol. The normalized spacial score (nSPS) is 12.6. The number of amides is 2. The number of aromatic nitrogens is 4. The standard InChI is InChI=1S/C19H20N6O3/c1-4-12-10(3)23-25(5-2)15(12)18(27)22-19-21-13-8-11(17(20)26)9-14-16(13)24(19)6-7-28-14/h4,8-9H,1,5-7H2,2-3H3,(H2,20,26)(H,21,22,27). The minimum Gasteiger partial charge on any atom is -0.489 e. The van der Waals surface area contributed by atoms with Crippen LogP contribution < -0.4 is 15.8 Å². The van der Waals surface area contributed by atoms with Crippen LogP contribution in [0.25, 0.3) is 17.1 Å². The zero-order chi connectivity index (χ0) is 20.0. The summed E-state index contributed by atoms with van der Waals surface area (Å²) in [6, 6.07) is 3.19. The summed E-state index contributed by atoms with van der Waals surface area (Å²) in [5.41, 5.74) is 8.81. The van der Waals surface area contributed by atoms with E-state index < -0.39 is 5.91 Å². The largest absolute Gasteiger partial charge is 0.489 e. The molecule has 0 fully saturated rings. The van der Waals surface area contributed by atoms with Gasteiger partial charge in [0, 0.05) is 17.7 Å². The molecular formula is C19H20N6O3. The number of hydrogen-bond acceptors (Lipinski definition) is 5. The molecule has 3 N–H and O–H groups in total. The molecule has 4 rings (SSSR count). The predicted molar refractivity (Wildman–Crippen MR) is 104 cm³/mol. The van der Waals surface area contributed by atoms with E-state index in [9.17, 15) is 9.59 Å². The highest BCUT2D eigenvalue weighted by molar-refractivity contribution is 6.06. The van der Waals surface area contributed by atoms with Gasteiger partial charge in [-0.15, -0.1) is 0 Å². The Labute approximate surface area is 160 Å². The van der Waals surface area contributed by atoms with Gasteiger partial charge >= 0.3 is 0 Å². The van der Waals surface area contributed by atoms with E-state index in [1.165, 1.54) is 0 Å². The van der Waals surface area contributed by atoms with Crippen LogP contribution in [0.1, 0.15) is 39.0 Å². The number of imidazole rings is 1. The second-order valence-corrected chi connectivity index (χ2v) is 6.46. The van der Waals surface area contributed by atoms with Crippen LogP contribution in [0.5, 0.6) is 5.75 Å². The summed E-state index contributed by atoms with van der Waals surface area (Å²) >= 11 is 0. The third kappa shape index (κ3) is 2.63. The molecule has 3 heterocycles. The first-order chi connectivity index (χ1) is 13.4. The third-order valence-corrected chi connectivity index (χ3v) is 4.78. The van der Waals surface area contributed by atoms with Crippen LogP contribution in [-0.2, 0) is 13.1 Å². The monoisotopic (exact) mass is 380 g/mol. The van der Waals surface area contributed by atoms with Crippen LogP contribution in [0.4, 0.5) is 5.95 Å². The van der Waals surface area contributed by atoms with E-state index in [4.69, 9.17) is 10.5 Å². The summed E-state index contributed by atoms with van der Waals surface area (Å²) in [5.74, 6) is 0.00643. The molecule has 1 aromatic carbocycles. The van der Waals surface area contributed by atoms with Crippen molar-refractivity contribution >= 4 is 34.9 Å². The van der Waals surface area contributed by atoms with E-state index in [2.05, 4.69) is 22.0 Å². The second kappa shape index (κ2) is 6.52. The highest BCUT2D eigenvalue weighted by Gasteiger charge is 2.25. The van der Waals surface area contributed by atoms with E-state index in [-0.39, 0.29) is 5.91 Å². The number of anilines is 1. The van der Waals surface area contributed by atoms with E-state index in [1.54, 1.807) is 22.9 Å². The first kappa shape index (κ1) is 17.8. The van der Waals surface area contributed by atoms with Crippen molar-refractivity contribution in [2.45, 2.75) is 26.9 Å². The summed E-state index contributed by atoms with van der Waals surface area (Å²) < 4.78 is 9.16. The molecular weight excluding hydrogens is 360 g/mol. The number of nitrogens with one attached hydrogen (secondary N) is 1. The first-order valence-electron chi connectivity index (χ1n) is 8.92. The molecule has 2 aromatic heterocycles. The Morgan fingerprint density at radius 2 is 2.21 bits per heavy atom. The third-order valence-electron chi connectivity index (χ3n) is 4.78. The number of rotatable bonds is 5. The molecule has 1 aliphatic heterocycles. The summed E-state index contributed by atoms with van der Waals surface area (Å²) in [6.07, 6.45) is 1.63. The predicted octanol–water partition coefficient (Wildman–Crippen LogP) is 1.95. The molecule has 0 unspecified atom stereocenters. The van der Waals surface area contributed by atoms with Crippen LogP contribution >= 0.6 is 0 Å². The summed E-state index contributed by atoms with van der Waals surface area (Å²) in [4.78, 5) is 29.1. The van der Waals surface area contributed by atoms with Crippen molar-refractivity contribution < 1.29 is 14.3 Å². The van der Waals surface area contributed by atoms with Gasteiger partial charge in [0.25, 0.3) is 5.91 Å². The van der Waals surface area contributed by atoms with Crippen molar-refractivity contribution in [2.24, 2.45) is 5.73 Å². The number of carbonyl (C=O) groups excluding carboxylic acids is 2. The van der Waals surface area contributed by atoms with Crippen LogP contribution in [0.3, 0.4) is 0 Å². The number of carbonyl (C=O) groups is 2. The fourth-order valence-corrected chi connectivity index (χ4v) is 3.51. The van der Waals surface area contributed by atoms with Crippen molar-refractivity contribution in [3.05, 3.63) is 41.2 Å². The molecule has 3 aromatic rings. The quantitative estimate of drug-likeness (QED) is 0.701. The van der Waals surface area contributed by atoms with Crippen molar-refractivity contribution in [1.82, 2.24) is 19.3 Å². The molecule has 2 amide bonds. The lowest BCUT2D eigenvalue weighted by molar-refractivity contribution is 0.0995. The van der Waals surface area contributed by atoms with E-state index in [0.717, 1.165) is 11.2 Å². The second-order valence-electron chi connectivity index (χ2n) is 6.46. The van der Waals surface area contributed by atoms with Gasteiger partial charge in [0.2, 0.25) is 11.9 Å². The van der Waals surface area contributed by atoms with Gasteiger partial charge in [-0.2, -0.15) is 5.10 Å². The van der Waals surface area contributed by atoms with Crippen LogP contribution in [0.2, 0.25) is 0 Å². The molecule has 0 saturated heterocycles. The molecule has 28 heavy (non-hydrogen) atoms. The molecule has 0 bridgehead atoms. The Morgan fingerprint density at radius 1 is 1.43 bits per heavy atom. The summed E-state index contributed by atoms with van der Waals surface area (Å²) in [5, 5.41) is 7.26. The number of ether oxygens (including phenoxy) is 1. The molecule has 0 saturated carbocycles. The van der Waals surface area contributed by atoms with Crippen LogP contribution in [0, 0.1) is 6.92 Å². The fourth-order valence-electron chi connectivity index (χ4n) is 3.51. The Hall–Kier alpha value is -3.62. The van der Waals surface area contributed by atoms with Crippen LogP contribution in [0.15, 0.2) is 18.7 Å². The highest BCUT2D eigenvalue weighted by Crippen LogP contribution is 2.33. The SMILES string of the molecule is C=Cc1c(C)nn(CC)c1C(=O)Nc1nc2cc(C(N)=O)cc3c2n1CCO3. The number of nitrogens with two attached hydrogens (primary N) is 1. The molecule has 0 spiro atoms. The molecule has 0 radical (unpaired) electrons. The number of hydrogen-bond donors (Lipinski definition) is 2. The molecule has 9 nitrogen and oxygen atoms in total. The highest BCUT2D eigenvalue weighted by atomic mass is 16.5. The van der Waals surface area contributed by atoms with Gasteiger partial charge in [-0.05, 0) is 26.0 Å². The van der Waals surface area contributed by atoms with E-state index >= 15 is 0 Å². The summed E-state index contributed by atoms with van der Waals surface area (Å²) in [7, 11) is 0. The lowest BCUT2D eigenvalue weighted by Crippen LogP contribution is -2.22. The van der Waals surface area contributed by atoms with Crippen molar-refractivity contribution in [1.29, 1.82) is 0 Å². The Bertz CT molecular complexity index is 1140. The van der Waals surface area contributed by atoms with Crippen LogP contribution in [-0.4, -0.2) is 37.8 Å². The molecule has 1 aliphatic rings. The van der Waals surface area contributed by atoms with Crippen molar-refractivity contribution in [2.75, 3.05) is 11.9 Å². The Kier molecular flexibility index (Phi) is 4.14. The Morgan fingerprint density at radius 3 is 2.89 bits per heavy atom. The number of aryl methyl sites for hydroxylation is 2. The number of nitrogens with zero attached hydrogens (tertiary/aromatic N) is 4. The Balaban J connectivity index is 1.79. The van der Waals surface area contributed by atoms with Crippen molar-refractivity contribution in [3.63, 3.8) is 0 Å². The molecule has 0 aliphatic carbocycles. The zero-order valence-corrected chi connectivity index (χ0v) is 15.7. The van der Waals surface area contributed by atoms with Gasteiger partial charge in [0.15, 0.2) is 0 Å². The van der Waals surface area contributed by atoms with E-state index in [1.807, 2.05) is 18.4 Å². The lowest BCUT2D eigenvalue weighted by atomic mass is 10.1. The maximum absolute atomic E-state index is 13.0. The summed E-state index contributed by atoms with van der Waals surface area (Å²) in [6.45, 7) is 9.01. The van der Waals surface area contributed by atoms with Gasteiger partial charge in [-0.25, -0.2) is 4.98 Å². The maximum Gasteiger partial charge on any atom is 0.276 e. The molecule has 9 heteroatoms. The number of benzene rings is 1. The van der Waals surface area contributed by atoms with Gasteiger partial charge in [-0.1, -0.05) is 12.7 Å². The maximum atomic E-state index is 13.0. The van der Waals surface area contributed by atoms with Gasteiger partial charge in [0.1, 0.15) is 23.6 Å². The van der Waals surface area contributed by atoms with Gasteiger partial charge in [-0.3, -0.25) is 19.6 Å². The zero-order valence-electron chi connectivity index (χ0n) is 15.7. The molecule has 0 atom stereocenters. The van der Waals surface area contributed by atoms with E-state index in [0.29, 0.717) is 53.7 Å². The fraction of sp³-hybridized carbons (Fsp3) is 0.263. The van der Waals surface area contributed by atoms with Crippen molar-refractivity contribution in [3.8, 4) is 5.75 Å². The smallest absolute Gasteiger partial charge is 0.276 e. The molecule has 144 valence electrons. The van der Waals surface area contributed by atoms with Gasteiger partial charge < -0.3 is 15.0 Å². The minimum absolute atomic E-state index is 0.306. The number of primary amides is 1. The van der Waals surface area contributed by atoms with Gasteiger partial charge in [0.05, 0.1) is 17.8 Å².